The van der Waals surface area contributed by atoms with Gasteiger partial charge in [-0.25, -0.2) is 0 Å². The molecule has 6 heteroatoms. The highest BCUT2D eigenvalue weighted by atomic mass is 32.1. The summed E-state index contributed by atoms with van der Waals surface area (Å²) in [4.78, 5) is 14.4. The molecular formula is C14H22N4OS. The van der Waals surface area contributed by atoms with E-state index in [1.807, 2.05) is 11.8 Å². The third-order valence-electron chi connectivity index (χ3n) is 4.13. The van der Waals surface area contributed by atoms with Crippen molar-refractivity contribution in [3.63, 3.8) is 0 Å². The zero-order chi connectivity index (χ0) is 14.1. The molecule has 1 aliphatic heterocycles. The molecule has 1 saturated heterocycles. The topological polar surface area (TPSA) is 71.2 Å². The average Bonchev–Trinajstić information content (AvgIpc) is 3.24. The maximum Gasteiger partial charge on any atom is 0.244 e. The number of likely N-dealkylation sites (tertiary alicyclic amines) is 1. The maximum absolute atomic E-state index is 12.4. The van der Waals surface area contributed by atoms with Crippen LogP contribution in [-0.4, -0.2) is 34.3 Å². The van der Waals surface area contributed by atoms with Gasteiger partial charge in [0, 0.05) is 18.7 Å². The first kappa shape index (κ1) is 13.7. The smallest absolute Gasteiger partial charge is 0.244 e. The SMILES string of the molecule is CC(Nc1snc(N)c1C1CC1)C(=O)N1CCCCC1. The average molecular weight is 294 g/mol. The van der Waals surface area contributed by atoms with Crippen molar-refractivity contribution in [3.05, 3.63) is 5.56 Å². The molecule has 5 nitrogen and oxygen atoms in total. The molecule has 0 bridgehead atoms. The van der Waals surface area contributed by atoms with E-state index in [4.69, 9.17) is 5.73 Å². The Hall–Kier alpha value is -1.30. The van der Waals surface area contributed by atoms with Crippen LogP contribution in [0.25, 0.3) is 0 Å². The van der Waals surface area contributed by atoms with Gasteiger partial charge in [0.1, 0.15) is 16.9 Å². The number of nitrogen functional groups attached to an aromatic ring is 1. The van der Waals surface area contributed by atoms with Gasteiger partial charge in [0.15, 0.2) is 0 Å². The van der Waals surface area contributed by atoms with Gasteiger partial charge in [0.2, 0.25) is 5.91 Å². The normalized spacial score (nSPS) is 20.8. The van der Waals surface area contributed by atoms with Gasteiger partial charge in [-0.1, -0.05) is 0 Å². The molecule has 1 aliphatic carbocycles. The first-order valence-electron chi connectivity index (χ1n) is 7.47. The third-order valence-corrected chi connectivity index (χ3v) is 4.94. The van der Waals surface area contributed by atoms with Crippen LogP contribution in [0.4, 0.5) is 10.8 Å². The van der Waals surface area contributed by atoms with E-state index in [1.54, 1.807) is 0 Å². The highest BCUT2D eigenvalue weighted by molar-refractivity contribution is 7.10. The lowest BCUT2D eigenvalue weighted by Crippen LogP contribution is -2.43. The van der Waals surface area contributed by atoms with Crippen LogP contribution in [0.15, 0.2) is 0 Å². The van der Waals surface area contributed by atoms with Gasteiger partial charge in [-0.2, -0.15) is 4.37 Å². The monoisotopic (exact) mass is 294 g/mol. The summed E-state index contributed by atoms with van der Waals surface area (Å²) in [5, 5.41) is 4.32. The number of piperidine rings is 1. The number of nitrogens with one attached hydrogen (secondary N) is 1. The minimum absolute atomic E-state index is 0.193. The number of aromatic nitrogens is 1. The molecule has 0 spiro atoms. The zero-order valence-corrected chi connectivity index (χ0v) is 12.7. The van der Waals surface area contributed by atoms with E-state index in [1.165, 1.54) is 30.8 Å². The Labute approximate surface area is 123 Å². The second-order valence-corrected chi connectivity index (χ2v) is 6.61. The molecule has 1 atom stereocenters. The highest BCUT2D eigenvalue weighted by Crippen LogP contribution is 2.47. The molecule has 1 unspecified atom stereocenters. The van der Waals surface area contributed by atoms with Crippen LogP contribution in [0.1, 0.15) is 50.5 Å². The number of carbonyl (C=O) groups excluding carboxylic acids is 1. The van der Waals surface area contributed by atoms with Gasteiger partial charge in [0.05, 0.1) is 0 Å². The first-order chi connectivity index (χ1) is 9.66. The fourth-order valence-electron chi connectivity index (χ4n) is 2.83. The van der Waals surface area contributed by atoms with Crippen molar-refractivity contribution >= 4 is 28.3 Å². The summed E-state index contributed by atoms with van der Waals surface area (Å²) in [6, 6.07) is -0.203. The number of rotatable bonds is 4. The van der Waals surface area contributed by atoms with Gasteiger partial charge in [-0.3, -0.25) is 4.79 Å². The van der Waals surface area contributed by atoms with Crippen LogP contribution in [0.2, 0.25) is 0 Å². The summed E-state index contributed by atoms with van der Waals surface area (Å²) >= 11 is 1.38. The Morgan fingerprint density at radius 1 is 1.40 bits per heavy atom. The van der Waals surface area contributed by atoms with Gasteiger partial charge in [-0.05, 0) is 56.5 Å². The number of nitrogens with two attached hydrogens (primary N) is 1. The quantitative estimate of drug-likeness (QED) is 0.894. The first-order valence-corrected chi connectivity index (χ1v) is 8.24. The predicted octanol–water partition coefficient (Wildman–Crippen LogP) is 2.42. The van der Waals surface area contributed by atoms with Crippen molar-refractivity contribution in [3.8, 4) is 0 Å². The van der Waals surface area contributed by atoms with Crippen LogP contribution < -0.4 is 11.1 Å². The van der Waals surface area contributed by atoms with E-state index in [-0.39, 0.29) is 11.9 Å². The molecule has 1 amide bonds. The Balaban J connectivity index is 1.66. The predicted molar refractivity (Wildman–Crippen MR) is 82.0 cm³/mol. The summed E-state index contributed by atoms with van der Waals surface area (Å²) in [5.74, 6) is 1.38. The standard InChI is InChI=1S/C14H22N4OS/c1-9(14(19)18-7-3-2-4-8-18)16-13-11(10-5-6-10)12(15)17-20-13/h9-10,16H,2-8H2,1H3,(H2,15,17). The van der Waals surface area contributed by atoms with Gasteiger partial charge in [-0.15, -0.1) is 0 Å². The van der Waals surface area contributed by atoms with E-state index < -0.39 is 0 Å². The summed E-state index contributed by atoms with van der Waals surface area (Å²) in [7, 11) is 0. The lowest BCUT2D eigenvalue weighted by molar-refractivity contribution is -0.132. The Kier molecular flexibility index (Phi) is 3.83. The maximum atomic E-state index is 12.4. The molecular weight excluding hydrogens is 272 g/mol. The number of hydrogen-bond donors (Lipinski definition) is 2. The lowest BCUT2D eigenvalue weighted by Gasteiger charge is -2.29. The zero-order valence-electron chi connectivity index (χ0n) is 11.9. The fraction of sp³-hybridized carbons (Fsp3) is 0.714. The van der Waals surface area contributed by atoms with Crippen LogP contribution in [0, 0.1) is 0 Å². The van der Waals surface area contributed by atoms with Crippen molar-refractivity contribution < 1.29 is 4.79 Å². The van der Waals surface area contributed by atoms with Crippen LogP contribution in [-0.2, 0) is 4.79 Å². The van der Waals surface area contributed by atoms with Crippen molar-refractivity contribution in [1.29, 1.82) is 0 Å². The number of amides is 1. The number of carbonyl (C=O) groups is 1. The summed E-state index contributed by atoms with van der Waals surface area (Å²) < 4.78 is 4.23. The molecule has 0 aromatic carbocycles. The molecule has 3 rings (SSSR count). The number of hydrogen-bond acceptors (Lipinski definition) is 5. The van der Waals surface area contributed by atoms with Gasteiger partial charge < -0.3 is 16.0 Å². The second kappa shape index (κ2) is 5.60. The molecule has 20 heavy (non-hydrogen) atoms. The molecule has 2 fully saturated rings. The Morgan fingerprint density at radius 3 is 2.75 bits per heavy atom. The summed E-state index contributed by atoms with van der Waals surface area (Å²) in [6.45, 7) is 3.72. The minimum Gasteiger partial charge on any atom is -0.383 e. The number of nitrogens with zero attached hydrogens (tertiary/aromatic N) is 2. The van der Waals surface area contributed by atoms with Crippen molar-refractivity contribution in [1.82, 2.24) is 9.27 Å². The molecule has 2 heterocycles. The largest absolute Gasteiger partial charge is 0.383 e. The van der Waals surface area contributed by atoms with Crippen molar-refractivity contribution in [2.24, 2.45) is 0 Å². The van der Waals surface area contributed by atoms with Crippen LogP contribution >= 0.6 is 11.5 Å². The number of anilines is 2. The molecule has 3 N–H and O–H groups in total. The lowest BCUT2D eigenvalue weighted by atomic mass is 10.1. The van der Waals surface area contributed by atoms with Crippen molar-refractivity contribution in [2.75, 3.05) is 24.1 Å². The van der Waals surface area contributed by atoms with Crippen molar-refractivity contribution in [2.45, 2.75) is 51.0 Å². The Morgan fingerprint density at radius 2 is 2.10 bits per heavy atom. The molecule has 1 aromatic heterocycles. The summed E-state index contributed by atoms with van der Waals surface area (Å²) in [6.07, 6.45) is 5.86. The van der Waals surface area contributed by atoms with Gasteiger partial charge in [0.25, 0.3) is 0 Å². The van der Waals surface area contributed by atoms with E-state index in [0.29, 0.717) is 11.7 Å². The van der Waals surface area contributed by atoms with E-state index in [0.717, 1.165) is 36.5 Å². The van der Waals surface area contributed by atoms with E-state index >= 15 is 0 Å². The van der Waals surface area contributed by atoms with E-state index in [9.17, 15) is 4.79 Å². The fourth-order valence-corrected chi connectivity index (χ4v) is 3.71. The highest BCUT2D eigenvalue weighted by Gasteiger charge is 2.32. The second-order valence-electron chi connectivity index (χ2n) is 5.84. The Bertz CT molecular complexity index is 491. The molecule has 0 radical (unpaired) electrons. The minimum atomic E-state index is -0.203. The molecule has 1 saturated carbocycles. The summed E-state index contributed by atoms with van der Waals surface area (Å²) in [5.41, 5.74) is 7.07. The molecule has 2 aliphatic rings. The molecule has 110 valence electrons. The molecule has 1 aromatic rings. The van der Waals surface area contributed by atoms with E-state index in [2.05, 4.69) is 9.69 Å². The third kappa shape index (κ3) is 2.75. The van der Waals surface area contributed by atoms with Crippen LogP contribution in [0.5, 0.6) is 0 Å². The van der Waals surface area contributed by atoms with Gasteiger partial charge >= 0.3 is 0 Å². The van der Waals surface area contributed by atoms with Crippen LogP contribution in [0.3, 0.4) is 0 Å².